The molecule has 0 bridgehead atoms. The third kappa shape index (κ3) is 4.45. The lowest BCUT2D eigenvalue weighted by Gasteiger charge is -2.18. The van der Waals surface area contributed by atoms with Crippen LogP contribution >= 0.6 is 0 Å². The van der Waals surface area contributed by atoms with E-state index in [4.69, 9.17) is 4.74 Å². The van der Waals surface area contributed by atoms with E-state index in [-0.39, 0.29) is 12.5 Å². The highest BCUT2D eigenvalue weighted by Gasteiger charge is 2.18. The molecule has 0 fully saturated rings. The smallest absolute Gasteiger partial charge is 0.338 e. The molecule has 21 heavy (non-hydrogen) atoms. The van der Waals surface area contributed by atoms with Crippen LogP contribution in [-0.4, -0.2) is 18.4 Å². The van der Waals surface area contributed by atoms with Crippen molar-refractivity contribution < 1.29 is 14.3 Å². The van der Waals surface area contributed by atoms with Gasteiger partial charge in [0, 0.05) is 6.92 Å². The number of hydrogen-bond donors (Lipinski definition) is 1. The third-order valence-electron chi connectivity index (χ3n) is 2.97. The summed E-state index contributed by atoms with van der Waals surface area (Å²) in [6.45, 7) is 1.68. The van der Waals surface area contributed by atoms with E-state index in [0.717, 1.165) is 5.56 Å². The van der Waals surface area contributed by atoms with Gasteiger partial charge in [0.1, 0.15) is 6.10 Å². The Balaban J connectivity index is 2.12. The predicted octanol–water partition coefficient (Wildman–Crippen LogP) is 2.72. The first-order chi connectivity index (χ1) is 10.2. The van der Waals surface area contributed by atoms with E-state index in [1.54, 1.807) is 24.3 Å². The van der Waals surface area contributed by atoms with E-state index < -0.39 is 12.1 Å². The van der Waals surface area contributed by atoms with Crippen molar-refractivity contribution >= 4 is 11.9 Å². The normalized spacial score (nSPS) is 11.5. The molecule has 2 aromatic rings. The molecule has 0 spiro atoms. The SMILES string of the molecule is CC(=O)NC[C@@H](OC(=O)c1ccccc1)c1ccccc1. The van der Waals surface area contributed by atoms with Gasteiger partial charge in [0.05, 0.1) is 12.1 Å². The van der Waals surface area contributed by atoms with Gasteiger partial charge in [-0.3, -0.25) is 4.79 Å². The molecular weight excluding hydrogens is 266 g/mol. The number of benzene rings is 2. The first kappa shape index (κ1) is 14.8. The molecule has 1 amide bonds. The minimum Gasteiger partial charge on any atom is -0.452 e. The molecular formula is C17H17NO3. The molecule has 0 saturated heterocycles. The molecule has 0 heterocycles. The van der Waals surface area contributed by atoms with Crippen LogP contribution in [0.2, 0.25) is 0 Å². The standard InChI is InChI=1S/C17H17NO3/c1-13(19)18-12-16(14-8-4-2-5-9-14)21-17(20)15-10-6-3-7-11-15/h2-11,16H,12H2,1H3,(H,18,19)/t16-/m1/s1. The average molecular weight is 283 g/mol. The average Bonchev–Trinajstić information content (AvgIpc) is 2.52. The number of esters is 1. The summed E-state index contributed by atoms with van der Waals surface area (Å²) in [6, 6.07) is 18.1. The second-order valence-electron chi connectivity index (χ2n) is 4.61. The highest BCUT2D eigenvalue weighted by atomic mass is 16.5. The Bertz CT molecular complexity index is 596. The molecule has 0 saturated carbocycles. The number of ether oxygens (including phenoxy) is 1. The number of hydrogen-bond acceptors (Lipinski definition) is 3. The number of carbonyl (C=O) groups is 2. The van der Waals surface area contributed by atoms with Gasteiger partial charge in [-0.25, -0.2) is 4.79 Å². The van der Waals surface area contributed by atoms with Crippen LogP contribution in [0.5, 0.6) is 0 Å². The largest absolute Gasteiger partial charge is 0.452 e. The topological polar surface area (TPSA) is 55.4 Å². The van der Waals surface area contributed by atoms with Gasteiger partial charge in [-0.2, -0.15) is 0 Å². The zero-order valence-electron chi connectivity index (χ0n) is 11.8. The van der Waals surface area contributed by atoms with E-state index >= 15 is 0 Å². The summed E-state index contributed by atoms with van der Waals surface area (Å²) in [4.78, 5) is 23.2. The highest BCUT2D eigenvalue weighted by Crippen LogP contribution is 2.18. The number of nitrogens with one attached hydrogen (secondary N) is 1. The zero-order chi connectivity index (χ0) is 15.1. The Morgan fingerprint density at radius 2 is 1.57 bits per heavy atom. The molecule has 1 atom stereocenters. The number of carbonyl (C=O) groups excluding carboxylic acids is 2. The molecule has 2 aromatic carbocycles. The lowest BCUT2D eigenvalue weighted by atomic mass is 10.1. The molecule has 1 N–H and O–H groups in total. The van der Waals surface area contributed by atoms with E-state index in [2.05, 4.69) is 5.32 Å². The van der Waals surface area contributed by atoms with Crippen LogP contribution in [0.25, 0.3) is 0 Å². The van der Waals surface area contributed by atoms with Crippen LogP contribution in [-0.2, 0) is 9.53 Å². The van der Waals surface area contributed by atoms with Gasteiger partial charge >= 0.3 is 5.97 Å². The van der Waals surface area contributed by atoms with Crippen LogP contribution in [0.15, 0.2) is 60.7 Å². The third-order valence-corrected chi connectivity index (χ3v) is 2.97. The van der Waals surface area contributed by atoms with E-state index in [9.17, 15) is 9.59 Å². The van der Waals surface area contributed by atoms with Crippen molar-refractivity contribution in [3.8, 4) is 0 Å². The fourth-order valence-electron chi connectivity index (χ4n) is 1.90. The van der Waals surface area contributed by atoms with E-state index in [0.29, 0.717) is 5.56 Å². The monoisotopic (exact) mass is 283 g/mol. The summed E-state index contributed by atoms with van der Waals surface area (Å²) in [5, 5.41) is 2.68. The van der Waals surface area contributed by atoms with Crippen molar-refractivity contribution in [1.82, 2.24) is 5.32 Å². The molecule has 4 heteroatoms. The molecule has 0 aliphatic rings. The van der Waals surface area contributed by atoms with Crippen LogP contribution in [0, 0.1) is 0 Å². The maximum atomic E-state index is 12.1. The Hall–Kier alpha value is -2.62. The minimum absolute atomic E-state index is 0.160. The van der Waals surface area contributed by atoms with Crippen LogP contribution < -0.4 is 5.32 Å². The van der Waals surface area contributed by atoms with Crippen LogP contribution in [0.4, 0.5) is 0 Å². The van der Waals surface area contributed by atoms with Gasteiger partial charge < -0.3 is 10.1 Å². The molecule has 0 aliphatic carbocycles. The van der Waals surface area contributed by atoms with Gasteiger partial charge in [0.15, 0.2) is 0 Å². The highest BCUT2D eigenvalue weighted by molar-refractivity contribution is 5.89. The summed E-state index contributed by atoms with van der Waals surface area (Å²) in [5.41, 5.74) is 1.33. The minimum atomic E-state index is -0.511. The van der Waals surface area contributed by atoms with Crippen molar-refractivity contribution in [2.75, 3.05) is 6.54 Å². The summed E-state index contributed by atoms with van der Waals surface area (Å²) in [5.74, 6) is -0.568. The molecule has 108 valence electrons. The Kier molecular flexibility index (Phi) is 5.10. The second kappa shape index (κ2) is 7.24. The first-order valence-corrected chi connectivity index (χ1v) is 6.72. The summed E-state index contributed by atoms with van der Waals surface area (Å²) >= 11 is 0. The quantitative estimate of drug-likeness (QED) is 0.858. The summed E-state index contributed by atoms with van der Waals surface area (Å²) in [7, 11) is 0. The maximum Gasteiger partial charge on any atom is 0.338 e. The summed E-state index contributed by atoms with van der Waals surface area (Å²) in [6.07, 6.45) is -0.511. The molecule has 0 aromatic heterocycles. The van der Waals surface area contributed by atoms with Gasteiger partial charge in [0.2, 0.25) is 5.91 Å². The second-order valence-corrected chi connectivity index (χ2v) is 4.61. The van der Waals surface area contributed by atoms with Crippen LogP contribution in [0.1, 0.15) is 28.9 Å². The van der Waals surface area contributed by atoms with Crippen molar-refractivity contribution in [2.24, 2.45) is 0 Å². The van der Waals surface area contributed by atoms with Crippen molar-refractivity contribution in [3.63, 3.8) is 0 Å². The van der Waals surface area contributed by atoms with Crippen molar-refractivity contribution in [3.05, 3.63) is 71.8 Å². The van der Waals surface area contributed by atoms with Gasteiger partial charge in [0.25, 0.3) is 0 Å². The lowest BCUT2D eigenvalue weighted by Crippen LogP contribution is -2.28. The molecule has 4 nitrogen and oxygen atoms in total. The lowest BCUT2D eigenvalue weighted by molar-refractivity contribution is -0.119. The fourth-order valence-corrected chi connectivity index (χ4v) is 1.90. The van der Waals surface area contributed by atoms with Gasteiger partial charge in [-0.15, -0.1) is 0 Å². The van der Waals surface area contributed by atoms with Crippen molar-refractivity contribution in [2.45, 2.75) is 13.0 Å². The molecule has 0 radical (unpaired) electrons. The molecule has 0 unspecified atom stereocenters. The van der Waals surface area contributed by atoms with E-state index in [1.807, 2.05) is 36.4 Å². The fraction of sp³-hybridized carbons (Fsp3) is 0.176. The zero-order valence-corrected chi connectivity index (χ0v) is 11.8. The Morgan fingerprint density at radius 3 is 2.14 bits per heavy atom. The van der Waals surface area contributed by atoms with Gasteiger partial charge in [-0.1, -0.05) is 48.5 Å². The Labute approximate surface area is 123 Å². The summed E-state index contributed by atoms with van der Waals surface area (Å²) < 4.78 is 5.52. The van der Waals surface area contributed by atoms with Crippen LogP contribution in [0.3, 0.4) is 0 Å². The molecule has 0 aliphatic heterocycles. The Morgan fingerprint density at radius 1 is 1.00 bits per heavy atom. The number of amides is 1. The first-order valence-electron chi connectivity index (χ1n) is 6.72. The van der Waals surface area contributed by atoms with E-state index in [1.165, 1.54) is 6.92 Å². The van der Waals surface area contributed by atoms with Crippen molar-refractivity contribution in [1.29, 1.82) is 0 Å². The molecule has 2 rings (SSSR count). The van der Waals surface area contributed by atoms with Gasteiger partial charge in [-0.05, 0) is 17.7 Å². The predicted molar refractivity (Wildman–Crippen MR) is 79.7 cm³/mol. The maximum absolute atomic E-state index is 12.1. The number of rotatable bonds is 5.